The van der Waals surface area contributed by atoms with E-state index in [2.05, 4.69) is 95.2 Å². The number of allylic oxidation sites excluding steroid dienone is 2. The van der Waals surface area contributed by atoms with Gasteiger partial charge in [-0.3, -0.25) is 0 Å². The summed E-state index contributed by atoms with van der Waals surface area (Å²) >= 11 is 0. The predicted octanol–water partition coefficient (Wildman–Crippen LogP) is 8.99. The van der Waals surface area contributed by atoms with Crippen molar-refractivity contribution in [3.63, 3.8) is 0 Å². The zero-order valence-corrected chi connectivity index (χ0v) is 22.1. The molecule has 0 fully saturated rings. The summed E-state index contributed by atoms with van der Waals surface area (Å²) in [5.74, 6) is 1.97. The Morgan fingerprint density at radius 2 is 0.781 bits per heavy atom. The van der Waals surface area contributed by atoms with E-state index in [9.17, 15) is 0 Å². The molecule has 2 heterocycles. The summed E-state index contributed by atoms with van der Waals surface area (Å²) in [7, 11) is 0. The third-order valence-electron chi connectivity index (χ3n) is 6.71. The van der Waals surface area contributed by atoms with Crippen LogP contribution in [-0.4, -0.2) is 0 Å². The summed E-state index contributed by atoms with van der Waals surface area (Å²) in [4.78, 5) is 0. The maximum absolute atomic E-state index is 6.48. The molecule has 0 saturated heterocycles. The Kier molecular flexibility index (Phi) is 4.77. The van der Waals surface area contributed by atoms with Crippen LogP contribution in [0.15, 0.2) is 24.7 Å². The molecule has 2 aliphatic heterocycles. The molecule has 4 rings (SSSR count). The van der Waals surface area contributed by atoms with E-state index < -0.39 is 0 Å². The lowest BCUT2D eigenvalue weighted by Crippen LogP contribution is -2.22. The van der Waals surface area contributed by atoms with E-state index in [1.54, 1.807) is 0 Å². The summed E-state index contributed by atoms with van der Waals surface area (Å²) in [6.45, 7) is 27.2. The summed E-state index contributed by atoms with van der Waals surface area (Å²) in [5.41, 5.74) is 7.39. The lowest BCUT2D eigenvalue weighted by molar-refractivity contribution is 0.434. The van der Waals surface area contributed by atoms with Crippen LogP contribution in [0.3, 0.4) is 0 Å². The highest BCUT2D eigenvalue weighted by Crippen LogP contribution is 2.56. The van der Waals surface area contributed by atoms with Gasteiger partial charge in [0.1, 0.15) is 11.5 Å². The minimum atomic E-state index is -0.0471. The number of hydrogen-bond donors (Lipinski definition) is 0. The van der Waals surface area contributed by atoms with Gasteiger partial charge in [0.25, 0.3) is 0 Å². The average molecular weight is 433 g/mol. The Labute approximate surface area is 194 Å². The van der Waals surface area contributed by atoms with Crippen molar-refractivity contribution < 1.29 is 9.47 Å². The number of ether oxygens (including phenoxy) is 2. The molecular weight excluding hydrogens is 392 g/mol. The summed E-state index contributed by atoms with van der Waals surface area (Å²) in [6.07, 6.45) is 3.98. The largest absolute Gasteiger partial charge is 0.464 e. The van der Waals surface area contributed by atoms with Crippen LogP contribution in [0.4, 0.5) is 0 Å². The molecule has 2 aromatic carbocycles. The van der Waals surface area contributed by atoms with Crippen LogP contribution in [0.25, 0.3) is 21.9 Å². The fraction of sp³-hybridized carbons (Fsp3) is 0.533. The van der Waals surface area contributed by atoms with Crippen LogP contribution in [0, 0.1) is 10.8 Å². The van der Waals surface area contributed by atoms with Crippen LogP contribution in [-0.2, 0) is 10.8 Å². The average Bonchev–Trinajstić information content (AvgIpc) is 2.61. The summed E-state index contributed by atoms with van der Waals surface area (Å²) < 4.78 is 13.0. The molecule has 0 N–H and O–H groups in total. The summed E-state index contributed by atoms with van der Waals surface area (Å²) in [6, 6.07) is 4.74. The molecule has 172 valence electrons. The molecule has 0 atom stereocenters. The standard InChI is InChI=1S/C30H40O2/c1-27(2,3)19-13-17-21(29(7,8)9)16-32-26-20(28(4,5)6)14-18-22(30(10,11)12)15-31-25(19)23(18)24(17)26/h13-16H,1-12H3. The monoisotopic (exact) mass is 432 g/mol. The Morgan fingerprint density at radius 1 is 0.469 bits per heavy atom. The van der Waals surface area contributed by atoms with Gasteiger partial charge in [0.05, 0.1) is 12.5 Å². The third kappa shape index (κ3) is 3.47. The SMILES string of the molecule is CC(C)(C)C1=COc2c(C(C)(C)C)cc3c4c(c(C(C)(C)C)cc1c24)OC=C3C(C)(C)C. The highest BCUT2D eigenvalue weighted by molar-refractivity contribution is 6.11. The fourth-order valence-corrected chi connectivity index (χ4v) is 4.88. The molecule has 2 aliphatic rings. The molecular formula is C30H40O2. The Morgan fingerprint density at radius 3 is 1.03 bits per heavy atom. The van der Waals surface area contributed by atoms with Crippen LogP contribution < -0.4 is 9.47 Å². The van der Waals surface area contributed by atoms with Crippen LogP contribution >= 0.6 is 0 Å². The van der Waals surface area contributed by atoms with Gasteiger partial charge in [0.2, 0.25) is 0 Å². The van der Waals surface area contributed by atoms with Gasteiger partial charge in [0.15, 0.2) is 0 Å². The lowest BCUT2D eigenvalue weighted by atomic mass is 9.71. The fourth-order valence-electron chi connectivity index (χ4n) is 4.88. The number of rotatable bonds is 0. The van der Waals surface area contributed by atoms with E-state index in [0.717, 1.165) is 11.5 Å². The first-order valence-electron chi connectivity index (χ1n) is 11.9. The van der Waals surface area contributed by atoms with Gasteiger partial charge in [-0.2, -0.15) is 0 Å². The van der Waals surface area contributed by atoms with Gasteiger partial charge in [-0.25, -0.2) is 0 Å². The Balaban J connectivity index is 2.27. The van der Waals surface area contributed by atoms with Crippen molar-refractivity contribution >= 4 is 21.9 Å². The van der Waals surface area contributed by atoms with Crippen molar-refractivity contribution in [2.45, 2.75) is 93.9 Å². The predicted molar refractivity (Wildman–Crippen MR) is 137 cm³/mol. The highest BCUT2D eigenvalue weighted by Gasteiger charge is 2.38. The van der Waals surface area contributed by atoms with Gasteiger partial charge in [0, 0.05) is 33.0 Å². The molecule has 0 radical (unpaired) electrons. The number of hydrogen-bond acceptors (Lipinski definition) is 2. The molecule has 0 spiro atoms. The Bertz CT molecular complexity index is 1080. The second kappa shape index (κ2) is 6.65. The van der Waals surface area contributed by atoms with Gasteiger partial charge in [-0.1, -0.05) is 83.1 Å². The minimum absolute atomic E-state index is 0.0349. The van der Waals surface area contributed by atoms with E-state index in [1.165, 1.54) is 44.2 Å². The highest BCUT2D eigenvalue weighted by atomic mass is 16.5. The van der Waals surface area contributed by atoms with E-state index in [4.69, 9.17) is 9.47 Å². The zero-order valence-electron chi connectivity index (χ0n) is 22.1. The van der Waals surface area contributed by atoms with E-state index in [-0.39, 0.29) is 21.7 Å². The lowest BCUT2D eigenvalue weighted by Gasteiger charge is -2.37. The van der Waals surface area contributed by atoms with E-state index in [1.807, 2.05) is 12.5 Å². The van der Waals surface area contributed by atoms with Crippen molar-refractivity contribution in [3.05, 3.63) is 46.9 Å². The van der Waals surface area contributed by atoms with Gasteiger partial charge < -0.3 is 9.47 Å². The third-order valence-corrected chi connectivity index (χ3v) is 6.71. The second-order valence-corrected chi connectivity index (χ2v) is 13.7. The molecule has 0 amide bonds. The van der Waals surface area contributed by atoms with E-state index in [0.29, 0.717) is 0 Å². The van der Waals surface area contributed by atoms with Gasteiger partial charge >= 0.3 is 0 Å². The molecule has 2 aromatic rings. The zero-order chi connectivity index (χ0) is 24.0. The first kappa shape index (κ1) is 23.0. The molecule has 2 heteroatoms. The minimum Gasteiger partial charge on any atom is -0.464 e. The molecule has 0 aromatic heterocycles. The topological polar surface area (TPSA) is 18.5 Å². The second-order valence-electron chi connectivity index (χ2n) is 13.7. The summed E-state index contributed by atoms with van der Waals surface area (Å²) in [5, 5.41) is 2.41. The van der Waals surface area contributed by atoms with Crippen molar-refractivity contribution in [1.82, 2.24) is 0 Å². The van der Waals surface area contributed by atoms with Crippen molar-refractivity contribution in [1.29, 1.82) is 0 Å². The van der Waals surface area contributed by atoms with Crippen LogP contribution in [0.5, 0.6) is 11.5 Å². The maximum atomic E-state index is 6.48. The van der Waals surface area contributed by atoms with Gasteiger partial charge in [-0.05, 0) is 44.9 Å². The number of benzene rings is 2. The smallest absolute Gasteiger partial charge is 0.138 e. The molecule has 0 unspecified atom stereocenters. The molecule has 0 bridgehead atoms. The van der Waals surface area contributed by atoms with Crippen molar-refractivity contribution in [2.24, 2.45) is 10.8 Å². The van der Waals surface area contributed by atoms with Crippen LogP contribution in [0.1, 0.15) is 105 Å². The maximum Gasteiger partial charge on any atom is 0.138 e. The van der Waals surface area contributed by atoms with E-state index >= 15 is 0 Å². The molecule has 0 saturated carbocycles. The molecule has 32 heavy (non-hydrogen) atoms. The quantitative estimate of drug-likeness (QED) is 0.413. The first-order chi connectivity index (χ1) is 14.4. The molecule has 2 nitrogen and oxygen atoms in total. The van der Waals surface area contributed by atoms with Crippen molar-refractivity contribution in [3.8, 4) is 11.5 Å². The van der Waals surface area contributed by atoms with Gasteiger partial charge in [-0.15, -0.1) is 0 Å². The normalized spacial score (nSPS) is 16.4. The van der Waals surface area contributed by atoms with Crippen LogP contribution in [0.2, 0.25) is 0 Å². The van der Waals surface area contributed by atoms with Crippen molar-refractivity contribution in [2.75, 3.05) is 0 Å². The Hall–Kier alpha value is -2.22. The first-order valence-corrected chi connectivity index (χ1v) is 11.9. The molecule has 0 aliphatic carbocycles.